The van der Waals surface area contributed by atoms with E-state index in [1.165, 1.54) is 5.56 Å². The van der Waals surface area contributed by atoms with Gasteiger partial charge in [0.15, 0.2) is 0 Å². The van der Waals surface area contributed by atoms with E-state index >= 15 is 0 Å². The van der Waals surface area contributed by atoms with Crippen molar-refractivity contribution in [1.29, 1.82) is 0 Å². The van der Waals surface area contributed by atoms with Crippen LogP contribution in [0.3, 0.4) is 0 Å². The van der Waals surface area contributed by atoms with Crippen LogP contribution in [-0.4, -0.2) is 22.5 Å². The maximum absolute atomic E-state index is 12.4. The van der Waals surface area contributed by atoms with Crippen LogP contribution in [0.2, 0.25) is 0 Å². The fraction of sp³-hybridized carbons (Fsp3) is 0.143. The van der Waals surface area contributed by atoms with Crippen LogP contribution in [0.4, 0.5) is 5.69 Å². The molecule has 0 unspecified atom stereocenters. The molecule has 5 nitrogen and oxygen atoms in total. The zero-order valence-electron chi connectivity index (χ0n) is 14.5. The Morgan fingerprint density at radius 1 is 1.22 bits per heavy atom. The molecule has 0 bridgehead atoms. The lowest BCUT2D eigenvalue weighted by Crippen LogP contribution is -2.14. The highest BCUT2D eigenvalue weighted by atomic mass is 32.1. The summed E-state index contributed by atoms with van der Waals surface area (Å²) in [6.07, 6.45) is 1.25. The topological polar surface area (TPSA) is 67.0 Å². The lowest BCUT2D eigenvalue weighted by atomic mass is 10.1. The second-order valence-electron chi connectivity index (χ2n) is 6.56. The summed E-state index contributed by atoms with van der Waals surface area (Å²) >= 11 is 1.64. The van der Waals surface area contributed by atoms with Crippen LogP contribution in [0.25, 0.3) is 21.7 Å². The van der Waals surface area contributed by atoms with E-state index in [0.29, 0.717) is 6.42 Å². The maximum Gasteiger partial charge on any atom is 0.228 e. The first kappa shape index (κ1) is 16.1. The molecule has 27 heavy (non-hydrogen) atoms. The third-order valence-corrected chi connectivity index (χ3v) is 5.52. The molecule has 1 amide bonds. The van der Waals surface area contributed by atoms with Crippen molar-refractivity contribution in [2.75, 3.05) is 11.9 Å². The van der Waals surface area contributed by atoms with E-state index in [1.807, 2.05) is 47.8 Å². The average Bonchev–Trinajstić information content (AvgIpc) is 3.40. The van der Waals surface area contributed by atoms with Crippen LogP contribution in [0, 0.1) is 0 Å². The van der Waals surface area contributed by atoms with Crippen LogP contribution in [-0.2, 0) is 17.6 Å². The molecule has 6 heteroatoms. The van der Waals surface area contributed by atoms with Gasteiger partial charge >= 0.3 is 0 Å². The van der Waals surface area contributed by atoms with Crippen molar-refractivity contribution < 1.29 is 9.53 Å². The Bertz CT molecular complexity index is 1130. The molecule has 134 valence electrons. The number of thiophene rings is 1. The molecule has 2 aromatic heterocycles. The zero-order valence-corrected chi connectivity index (χ0v) is 15.3. The van der Waals surface area contributed by atoms with Gasteiger partial charge in [0.1, 0.15) is 11.6 Å². The fourth-order valence-corrected chi connectivity index (χ4v) is 4.03. The summed E-state index contributed by atoms with van der Waals surface area (Å²) in [6, 6.07) is 15.7. The molecule has 2 aromatic carbocycles. The van der Waals surface area contributed by atoms with E-state index in [9.17, 15) is 4.79 Å². The number of hydrogen-bond donors (Lipinski definition) is 2. The number of benzene rings is 2. The summed E-state index contributed by atoms with van der Waals surface area (Å²) < 4.78 is 5.51. The third-order valence-electron chi connectivity index (χ3n) is 4.64. The van der Waals surface area contributed by atoms with E-state index in [4.69, 9.17) is 4.74 Å². The maximum atomic E-state index is 12.4. The van der Waals surface area contributed by atoms with Crippen LogP contribution >= 0.6 is 11.3 Å². The number of carbonyl (C=O) groups is 1. The van der Waals surface area contributed by atoms with Gasteiger partial charge in [-0.3, -0.25) is 4.79 Å². The van der Waals surface area contributed by atoms with E-state index in [1.54, 1.807) is 11.3 Å². The number of nitrogens with zero attached hydrogens (tertiary/aromatic N) is 1. The van der Waals surface area contributed by atoms with Crippen molar-refractivity contribution in [3.05, 3.63) is 65.0 Å². The normalized spacial score (nSPS) is 12.7. The highest BCUT2D eigenvalue weighted by Gasteiger charge is 2.14. The van der Waals surface area contributed by atoms with Gasteiger partial charge in [-0.15, -0.1) is 11.3 Å². The first-order valence-corrected chi connectivity index (χ1v) is 9.71. The van der Waals surface area contributed by atoms with Gasteiger partial charge in [0.2, 0.25) is 5.91 Å². The lowest BCUT2D eigenvalue weighted by Gasteiger charge is -2.06. The number of fused-ring (bicyclic) bond motifs is 2. The van der Waals surface area contributed by atoms with Crippen molar-refractivity contribution >= 4 is 34.0 Å². The van der Waals surface area contributed by atoms with Gasteiger partial charge in [-0.25, -0.2) is 4.98 Å². The summed E-state index contributed by atoms with van der Waals surface area (Å²) in [5, 5.41) is 5.01. The number of rotatable bonds is 4. The minimum atomic E-state index is -0.0359. The Kier molecular flexibility index (Phi) is 3.90. The number of hydrogen-bond acceptors (Lipinski definition) is 4. The molecule has 0 fully saturated rings. The van der Waals surface area contributed by atoms with Crippen molar-refractivity contribution in [3.63, 3.8) is 0 Å². The number of aromatic nitrogens is 2. The Morgan fingerprint density at radius 2 is 2.19 bits per heavy atom. The van der Waals surface area contributed by atoms with Gasteiger partial charge in [-0.05, 0) is 46.8 Å². The predicted octanol–water partition coefficient (Wildman–Crippen LogP) is 4.41. The fourth-order valence-electron chi connectivity index (χ4n) is 3.36. The Balaban J connectivity index is 1.32. The molecule has 1 aliphatic heterocycles. The molecule has 0 saturated carbocycles. The van der Waals surface area contributed by atoms with Crippen LogP contribution < -0.4 is 10.1 Å². The second-order valence-corrected chi connectivity index (χ2v) is 7.51. The number of anilines is 1. The van der Waals surface area contributed by atoms with Crippen LogP contribution in [0.1, 0.15) is 11.1 Å². The lowest BCUT2D eigenvalue weighted by molar-refractivity contribution is -0.115. The van der Waals surface area contributed by atoms with Gasteiger partial charge in [-0.1, -0.05) is 18.2 Å². The molecule has 2 N–H and O–H groups in total. The monoisotopic (exact) mass is 375 g/mol. The molecule has 0 atom stereocenters. The van der Waals surface area contributed by atoms with Gasteiger partial charge in [0.05, 0.1) is 28.9 Å². The molecule has 0 spiro atoms. The molecule has 0 radical (unpaired) electrons. The summed E-state index contributed by atoms with van der Waals surface area (Å²) in [7, 11) is 0. The number of carbonyl (C=O) groups excluding carboxylic acids is 1. The van der Waals surface area contributed by atoms with E-state index in [-0.39, 0.29) is 5.91 Å². The van der Waals surface area contributed by atoms with Crippen molar-refractivity contribution in [3.8, 4) is 16.5 Å². The molecule has 0 saturated heterocycles. The van der Waals surface area contributed by atoms with Crippen LogP contribution in [0.15, 0.2) is 53.9 Å². The Labute approximate surface area is 160 Å². The predicted molar refractivity (Wildman–Crippen MR) is 107 cm³/mol. The van der Waals surface area contributed by atoms with Crippen molar-refractivity contribution in [2.45, 2.75) is 12.8 Å². The molecular formula is C21H17N3O2S. The van der Waals surface area contributed by atoms with Crippen molar-refractivity contribution in [2.24, 2.45) is 0 Å². The Morgan fingerprint density at radius 3 is 3.07 bits per heavy atom. The second kappa shape index (κ2) is 6.55. The average molecular weight is 375 g/mol. The van der Waals surface area contributed by atoms with Gasteiger partial charge in [0.25, 0.3) is 0 Å². The number of aromatic amines is 1. The Hall–Kier alpha value is -3.12. The SMILES string of the molecule is O=C(Cc1ccc2c(c1)CCO2)Nc1ccc2nc(-c3cccs3)[nH]c2c1. The largest absolute Gasteiger partial charge is 0.493 e. The number of ether oxygens (including phenoxy) is 1. The molecule has 5 rings (SSSR count). The highest BCUT2D eigenvalue weighted by molar-refractivity contribution is 7.13. The third kappa shape index (κ3) is 3.19. The standard InChI is InChI=1S/C21H17N3O2S/c25-20(11-13-3-6-18-14(10-13)7-8-26-18)22-15-4-5-16-17(12-15)24-21(23-16)19-2-1-9-27-19/h1-6,9-10,12H,7-8,11H2,(H,22,25)(H,23,24). The van der Waals surface area contributed by atoms with E-state index < -0.39 is 0 Å². The number of nitrogens with one attached hydrogen (secondary N) is 2. The number of amides is 1. The first-order chi connectivity index (χ1) is 13.2. The van der Waals surface area contributed by atoms with Gasteiger partial charge in [0, 0.05) is 12.1 Å². The van der Waals surface area contributed by atoms with E-state index in [0.717, 1.165) is 51.8 Å². The summed E-state index contributed by atoms with van der Waals surface area (Å²) in [4.78, 5) is 21.5. The van der Waals surface area contributed by atoms with Gasteiger partial charge < -0.3 is 15.0 Å². The molecular weight excluding hydrogens is 358 g/mol. The summed E-state index contributed by atoms with van der Waals surface area (Å²) in [6.45, 7) is 0.725. The number of imidazole rings is 1. The summed E-state index contributed by atoms with van der Waals surface area (Å²) in [5.74, 6) is 1.75. The molecule has 3 heterocycles. The molecule has 0 aliphatic carbocycles. The minimum absolute atomic E-state index is 0.0359. The van der Waals surface area contributed by atoms with Gasteiger partial charge in [-0.2, -0.15) is 0 Å². The molecule has 1 aliphatic rings. The highest BCUT2D eigenvalue weighted by Crippen LogP contribution is 2.27. The minimum Gasteiger partial charge on any atom is -0.493 e. The molecule has 4 aromatic rings. The first-order valence-electron chi connectivity index (χ1n) is 8.83. The quantitative estimate of drug-likeness (QED) is 0.555. The smallest absolute Gasteiger partial charge is 0.228 e. The van der Waals surface area contributed by atoms with Crippen molar-refractivity contribution in [1.82, 2.24) is 9.97 Å². The number of H-pyrrole nitrogens is 1. The zero-order chi connectivity index (χ0) is 18.2. The van der Waals surface area contributed by atoms with E-state index in [2.05, 4.69) is 21.4 Å². The van der Waals surface area contributed by atoms with Crippen LogP contribution in [0.5, 0.6) is 5.75 Å². The summed E-state index contributed by atoms with van der Waals surface area (Å²) in [5.41, 5.74) is 4.74.